The topological polar surface area (TPSA) is 60.0 Å². The van der Waals surface area contributed by atoms with Crippen molar-refractivity contribution in [1.82, 2.24) is 4.90 Å². The second kappa shape index (κ2) is 8.77. The average molecular weight is 370 g/mol. The molecule has 0 atom stereocenters. The van der Waals surface area contributed by atoms with Crippen molar-refractivity contribution in [1.29, 1.82) is 0 Å². The van der Waals surface area contributed by atoms with Gasteiger partial charge >= 0.3 is 0 Å². The summed E-state index contributed by atoms with van der Waals surface area (Å²) in [5.74, 6) is 2.02. The summed E-state index contributed by atoms with van der Waals surface area (Å²) >= 11 is 0. The van der Waals surface area contributed by atoms with Crippen molar-refractivity contribution in [3.05, 3.63) is 48.0 Å². The minimum Gasteiger partial charge on any atom is -0.497 e. The molecule has 6 heteroatoms. The molecule has 0 bridgehead atoms. The molecule has 1 fully saturated rings. The number of amides is 1. The number of carbonyl (C=O) groups is 1. The summed E-state index contributed by atoms with van der Waals surface area (Å²) < 4.78 is 15.7. The molecule has 1 N–H and O–H groups in total. The highest BCUT2D eigenvalue weighted by atomic mass is 16.5. The molecule has 3 rings (SSSR count). The molecule has 0 saturated heterocycles. The van der Waals surface area contributed by atoms with Crippen molar-refractivity contribution >= 4 is 11.6 Å². The minimum atomic E-state index is -0.0392. The van der Waals surface area contributed by atoms with Crippen LogP contribution in [0.4, 0.5) is 5.69 Å². The first kappa shape index (κ1) is 19.0. The summed E-state index contributed by atoms with van der Waals surface area (Å²) in [6.45, 7) is 1.10. The summed E-state index contributed by atoms with van der Waals surface area (Å²) in [6.07, 6.45) is 2.28. The van der Waals surface area contributed by atoms with Crippen LogP contribution in [0, 0.1) is 0 Å². The van der Waals surface area contributed by atoms with Crippen molar-refractivity contribution in [2.75, 3.05) is 33.2 Å². The van der Waals surface area contributed by atoms with Gasteiger partial charge in [0, 0.05) is 24.3 Å². The van der Waals surface area contributed by atoms with Gasteiger partial charge in [0.2, 0.25) is 5.91 Å². The zero-order valence-electron chi connectivity index (χ0n) is 16.0. The van der Waals surface area contributed by atoms with Crippen LogP contribution in [-0.2, 0) is 11.3 Å². The number of benzene rings is 2. The van der Waals surface area contributed by atoms with Gasteiger partial charge in [-0.2, -0.15) is 0 Å². The van der Waals surface area contributed by atoms with E-state index >= 15 is 0 Å². The van der Waals surface area contributed by atoms with E-state index in [4.69, 9.17) is 14.2 Å². The fourth-order valence-corrected chi connectivity index (χ4v) is 3.02. The molecule has 0 spiro atoms. The van der Waals surface area contributed by atoms with Gasteiger partial charge in [0.15, 0.2) is 11.5 Å². The molecular formula is C21H26N2O4. The number of nitrogens with one attached hydrogen (secondary N) is 1. The van der Waals surface area contributed by atoms with Crippen LogP contribution in [0.3, 0.4) is 0 Å². The largest absolute Gasteiger partial charge is 0.497 e. The van der Waals surface area contributed by atoms with Crippen LogP contribution >= 0.6 is 0 Å². The maximum Gasteiger partial charge on any atom is 0.238 e. The third-order valence-corrected chi connectivity index (χ3v) is 4.62. The second-order valence-corrected chi connectivity index (χ2v) is 6.60. The van der Waals surface area contributed by atoms with E-state index in [0.717, 1.165) is 25.1 Å². The van der Waals surface area contributed by atoms with Gasteiger partial charge in [0.1, 0.15) is 5.75 Å². The summed E-state index contributed by atoms with van der Waals surface area (Å²) in [6, 6.07) is 13.8. The Kier molecular flexibility index (Phi) is 6.19. The zero-order chi connectivity index (χ0) is 19.2. The number of hydrogen-bond acceptors (Lipinski definition) is 5. The molecule has 144 valence electrons. The lowest BCUT2D eigenvalue weighted by Gasteiger charge is -2.22. The highest BCUT2D eigenvalue weighted by Crippen LogP contribution is 2.31. The van der Waals surface area contributed by atoms with Gasteiger partial charge in [-0.1, -0.05) is 12.1 Å². The first-order valence-corrected chi connectivity index (χ1v) is 9.01. The fraction of sp³-hybridized carbons (Fsp3) is 0.381. The number of methoxy groups -OCH3 is 3. The second-order valence-electron chi connectivity index (χ2n) is 6.60. The van der Waals surface area contributed by atoms with Gasteiger partial charge in [-0.05, 0) is 42.7 Å². The lowest BCUT2D eigenvalue weighted by atomic mass is 10.2. The van der Waals surface area contributed by atoms with E-state index in [1.165, 1.54) is 5.56 Å². The van der Waals surface area contributed by atoms with E-state index in [2.05, 4.69) is 10.2 Å². The molecule has 2 aromatic rings. The summed E-state index contributed by atoms with van der Waals surface area (Å²) in [5.41, 5.74) is 1.86. The van der Waals surface area contributed by atoms with E-state index in [0.29, 0.717) is 29.8 Å². The zero-order valence-corrected chi connectivity index (χ0v) is 16.0. The molecule has 1 amide bonds. The van der Waals surface area contributed by atoms with E-state index in [1.54, 1.807) is 33.5 Å². The number of carbonyl (C=O) groups excluding carboxylic acids is 1. The smallest absolute Gasteiger partial charge is 0.238 e. The molecule has 0 heterocycles. The van der Waals surface area contributed by atoms with Gasteiger partial charge in [-0.25, -0.2) is 0 Å². The van der Waals surface area contributed by atoms with Crippen molar-refractivity contribution in [3.8, 4) is 17.2 Å². The number of rotatable bonds is 9. The fourth-order valence-electron chi connectivity index (χ4n) is 3.02. The van der Waals surface area contributed by atoms with E-state index in [9.17, 15) is 4.79 Å². The molecule has 6 nitrogen and oxygen atoms in total. The number of nitrogens with zero attached hydrogens (tertiary/aromatic N) is 1. The number of ether oxygens (including phenoxy) is 3. The van der Waals surface area contributed by atoms with E-state index < -0.39 is 0 Å². The van der Waals surface area contributed by atoms with Crippen molar-refractivity contribution in [3.63, 3.8) is 0 Å². The summed E-state index contributed by atoms with van der Waals surface area (Å²) in [4.78, 5) is 14.8. The van der Waals surface area contributed by atoms with Crippen molar-refractivity contribution in [2.24, 2.45) is 0 Å². The molecule has 1 saturated carbocycles. The van der Waals surface area contributed by atoms with Crippen LogP contribution in [0.25, 0.3) is 0 Å². The SMILES string of the molecule is COc1ccc(CN(CC(=O)Nc2ccc(OC)c(OC)c2)C2CC2)cc1. The predicted molar refractivity (Wildman–Crippen MR) is 105 cm³/mol. The molecule has 1 aliphatic carbocycles. The van der Waals surface area contributed by atoms with Gasteiger partial charge in [0.05, 0.1) is 27.9 Å². The normalized spacial score (nSPS) is 13.3. The van der Waals surface area contributed by atoms with Crippen LogP contribution in [0.5, 0.6) is 17.2 Å². The van der Waals surface area contributed by atoms with E-state index in [-0.39, 0.29) is 5.91 Å². The van der Waals surface area contributed by atoms with Crippen LogP contribution < -0.4 is 19.5 Å². The van der Waals surface area contributed by atoms with Gasteiger partial charge in [-0.3, -0.25) is 9.69 Å². The standard InChI is InChI=1S/C21H26N2O4/c1-25-18-9-4-15(5-10-18)13-23(17-7-8-17)14-21(24)22-16-6-11-19(26-2)20(12-16)27-3/h4-6,9-12,17H,7-8,13-14H2,1-3H3,(H,22,24). The first-order chi connectivity index (χ1) is 13.1. The molecule has 2 aromatic carbocycles. The predicted octanol–water partition coefficient (Wildman–Crippen LogP) is 3.32. The first-order valence-electron chi connectivity index (χ1n) is 9.01. The van der Waals surface area contributed by atoms with Crippen LogP contribution in [0.2, 0.25) is 0 Å². The Bertz CT molecular complexity index is 772. The number of anilines is 1. The van der Waals surface area contributed by atoms with Crippen LogP contribution in [-0.4, -0.2) is 44.7 Å². The average Bonchev–Trinajstić information content (AvgIpc) is 3.53. The number of hydrogen-bond donors (Lipinski definition) is 1. The molecule has 0 aromatic heterocycles. The molecule has 27 heavy (non-hydrogen) atoms. The molecule has 0 aliphatic heterocycles. The maximum atomic E-state index is 12.6. The Morgan fingerprint density at radius 2 is 1.70 bits per heavy atom. The molecular weight excluding hydrogens is 344 g/mol. The monoisotopic (exact) mass is 370 g/mol. The van der Waals surface area contributed by atoms with Crippen molar-refractivity contribution < 1.29 is 19.0 Å². The maximum absolute atomic E-state index is 12.6. The van der Waals surface area contributed by atoms with Crippen LogP contribution in [0.15, 0.2) is 42.5 Å². The quantitative estimate of drug-likeness (QED) is 0.734. The van der Waals surface area contributed by atoms with E-state index in [1.807, 2.05) is 30.3 Å². The Hall–Kier alpha value is -2.73. The molecule has 0 radical (unpaired) electrons. The highest BCUT2D eigenvalue weighted by molar-refractivity contribution is 5.92. The molecule has 1 aliphatic rings. The highest BCUT2D eigenvalue weighted by Gasteiger charge is 2.30. The third-order valence-electron chi connectivity index (χ3n) is 4.62. The van der Waals surface area contributed by atoms with Crippen molar-refractivity contribution in [2.45, 2.75) is 25.4 Å². The Morgan fingerprint density at radius 3 is 2.30 bits per heavy atom. The summed E-state index contributed by atoms with van der Waals surface area (Å²) in [5, 5.41) is 2.95. The lowest BCUT2D eigenvalue weighted by molar-refractivity contribution is -0.117. The van der Waals surface area contributed by atoms with Gasteiger partial charge < -0.3 is 19.5 Å². The van der Waals surface area contributed by atoms with Crippen LogP contribution in [0.1, 0.15) is 18.4 Å². The minimum absolute atomic E-state index is 0.0392. The summed E-state index contributed by atoms with van der Waals surface area (Å²) in [7, 11) is 4.82. The van der Waals surface area contributed by atoms with Gasteiger partial charge in [-0.15, -0.1) is 0 Å². The Morgan fingerprint density at radius 1 is 1.00 bits per heavy atom. The molecule has 0 unspecified atom stereocenters. The Balaban J connectivity index is 1.61. The Labute approximate surface area is 160 Å². The lowest BCUT2D eigenvalue weighted by Crippen LogP contribution is -2.34. The third kappa shape index (κ3) is 5.14. The van der Waals surface area contributed by atoms with Gasteiger partial charge in [0.25, 0.3) is 0 Å².